The van der Waals surface area contributed by atoms with Crippen molar-refractivity contribution in [3.05, 3.63) is 23.5 Å². The highest BCUT2D eigenvalue weighted by Crippen LogP contribution is 2.39. The average molecular weight is 292 g/mol. The number of hydrogen-bond acceptors (Lipinski definition) is 4. The van der Waals surface area contributed by atoms with Crippen LogP contribution in [0.2, 0.25) is 0 Å². The number of anilines is 2. The number of halogens is 1. The number of nitrogens with zero attached hydrogens (tertiary/aromatic N) is 1. The molecule has 21 heavy (non-hydrogen) atoms. The summed E-state index contributed by atoms with van der Waals surface area (Å²) in [6.07, 6.45) is 4.60. The van der Waals surface area contributed by atoms with Gasteiger partial charge in [0.25, 0.3) is 0 Å². The maximum absolute atomic E-state index is 14.3. The molecule has 0 spiro atoms. The van der Waals surface area contributed by atoms with E-state index in [0.717, 1.165) is 19.4 Å². The number of benzene rings is 1. The van der Waals surface area contributed by atoms with Crippen LogP contribution >= 0.6 is 0 Å². The Morgan fingerprint density at radius 3 is 2.67 bits per heavy atom. The van der Waals surface area contributed by atoms with Crippen LogP contribution in [0, 0.1) is 11.7 Å². The average Bonchev–Trinajstić information content (AvgIpc) is 3.30. The number of carbonyl (C=O) groups excluding carboxylic acids is 1. The van der Waals surface area contributed by atoms with Gasteiger partial charge in [-0.2, -0.15) is 0 Å². The second-order valence-electron chi connectivity index (χ2n) is 5.94. The van der Waals surface area contributed by atoms with E-state index in [1.54, 1.807) is 13.0 Å². The van der Waals surface area contributed by atoms with Crippen molar-refractivity contribution >= 4 is 17.3 Å². The summed E-state index contributed by atoms with van der Waals surface area (Å²) in [6, 6.07) is 3.20. The van der Waals surface area contributed by atoms with Gasteiger partial charge in [0.2, 0.25) is 0 Å². The minimum atomic E-state index is -0.488. The van der Waals surface area contributed by atoms with Gasteiger partial charge in [-0.3, -0.25) is 0 Å². The topological polar surface area (TPSA) is 55.6 Å². The predicted octanol–water partition coefficient (Wildman–Crippen LogP) is 2.96. The predicted molar refractivity (Wildman–Crippen MR) is 79.9 cm³/mol. The highest BCUT2D eigenvalue weighted by Gasteiger charge is 2.35. The van der Waals surface area contributed by atoms with E-state index >= 15 is 0 Å². The van der Waals surface area contributed by atoms with Crippen LogP contribution < -0.4 is 10.6 Å². The van der Waals surface area contributed by atoms with Gasteiger partial charge in [0.05, 0.1) is 17.9 Å². The molecule has 1 aromatic carbocycles. The molecule has 0 saturated heterocycles. The number of hydrogen-bond donors (Lipinski definition) is 1. The van der Waals surface area contributed by atoms with Gasteiger partial charge in [-0.05, 0) is 50.7 Å². The zero-order valence-corrected chi connectivity index (χ0v) is 12.3. The molecule has 114 valence electrons. The molecule has 0 amide bonds. The van der Waals surface area contributed by atoms with Crippen LogP contribution in [-0.4, -0.2) is 25.2 Å². The highest BCUT2D eigenvalue weighted by molar-refractivity contribution is 5.96. The Morgan fingerprint density at radius 2 is 2.10 bits per heavy atom. The largest absolute Gasteiger partial charge is 0.462 e. The molecule has 0 unspecified atom stereocenters. The van der Waals surface area contributed by atoms with E-state index in [4.69, 9.17) is 10.5 Å². The lowest BCUT2D eigenvalue weighted by atomic mass is 10.1. The molecule has 0 heterocycles. The maximum Gasteiger partial charge on any atom is 0.340 e. The molecule has 2 saturated carbocycles. The van der Waals surface area contributed by atoms with Crippen LogP contribution in [0.4, 0.5) is 15.8 Å². The first kappa shape index (κ1) is 14.2. The zero-order valence-electron chi connectivity index (χ0n) is 12.3. The fraction of sp³-hybridized carbons (Fsp3) is 0.562. The van der Waals surface area contributed by atoms with E-state index in [1.165, 1.54) is 18.9 Å². The third-order valence-corrected chi connectivity index (χ3v) is 4.06. The van der Waals surface area contributed by atoms with Gasteiger partial charge in [-0.1, -0.05) is 0 Å². The zero-order chi connectivity index (χ0) is 15.0. The van der Waals surface area contributed by atoms with E-state index in [0.29, 0.717) is 17.6 Å². The van der Waals surface area contributed by atoms with Gasteiger partial charge in [0.1, 0.15) is 5.82 Å². The molecule has 0 radical (unpaired) electrons. The fourth-order valence-electron chi connectivity index (χ4n) is 2.59. The fourth-order valence-corrected chi connectivity index (χ4v) is 2.59. The van der Waals surface area contributed by atoms with Crippen molar-refractivity contribution in [2.75, 3.05) is 23.8 Å². The number of nitrogen functional groups attached to an aromatic ring is 1. The third-order valence-electron chi connectivity index (χ3n) is 4.06. The first-order chi connectivity index (χ1) is 10.1. The van der Waals surface area contributed by atoms with Gasteiger partial charge in [-0.25, -0.2) is 9.18 Å². The van der Waals surface area contributed by atoms with Gasteiger partial charge < -0.3 is 15.4 Å². The molecule has 0 aromatic heterocycles. The smallest absolute Gasteiger partial charge is 0.340 e. The number of nitrogens with two attached hydrogens (primary N) is 1. The molecule has 2 aliphatic carbocycles. The Labute approximate surface area is 124 Å². The van der Waals surface area contributed by atoms with Crippen molar-refractivity contribution in [2.24, 2.45) is 5.92 Å². The van der Waals surface area contributed by atoms with Crippen molar-refractivity contribution in [2.45, 2.75) is 38.6 Å². The van der Waals surface area contributed by atoms with Gasteiger partial charge in [0.15, 0.2) is 0 Å². The molecule has 2 fully saturated rings. The van der Waals surface area contributed by atoms with E-state index in [-0.39, 0.29) is 23.7 Å². The Morgan fingerprint density at radius 1 is 1.38 bits per heavy atom. The lowest BCUT2D eigenvalue weighted by molar-refractivity contribution is 0.0527. The van der Waals surface area contributed by atoms with Gasteiger partial charge in [-0.15, -0.1) is 0 Å². The standard InChI is InChI=1S/C16H21FN2O2/c1-2-21-16(20)12-7-15(13(17)8-14(12)18)19(11-5-6-11)9-10-3-4-10/h7-8,10-11H,2-6,9,18H2,1H3. The monoisotopic (exact) mass is 292 g/mol. The van der Waals surface area contributed by atoms with Gasteiger partial charge >= 0.3 is 5.97 Å². The van der Waals surface area contributed by atoms with Crippen molar-refractivity contribution < 1.29 is 13.9 Å². The van der Waals surface area contributed by atoms with Crippen LogP contribution in [0.5, 0.6) is 0 Å². The molecule has 1 aromatic rings. The molecular formula is C16H21FN2O2. The highest BCUT2D eigenvalue weighted by atomic mass is 19.1. The van der Waals surface area contributed by atoms with Crippen molar-refractivity contribution in [1.29, 1.82) is 0 Å². The van der Waals surface area contributed by atoms with Crippen molar-refractivity contribution in [1.82, 2.24) is 0 Å². The van der Waals surface area contributed by atoms with E-state index in [1.807, 2.05) is 0 Å². The quantitative estimate of drug-likeness (QED) is 0.647. The SMILES string of the molecule is CCOC(=O)c1cc(N(CC2CC2)C2CC2)c(F)cc1N. The summed E-state index contributed by atoms with van der Waals surface area (Å²) in [4.78, 5) is 14.0. The number of ether oxygens (including phenoxy) is 1. The summed E-state index contributed by atoms with van der Waals surface area (Å²) < 4.78 is 19.3. The minimum Gasteiger partial charge on any atom is -0.462 e. The molecule has 5 heteroatoms. The second kappa shape index (κ2) is 5.54. The lowest BCUT2D eigenvalue weighted by Crippen LogP contribution is -2.29. The number of rotatable bonds is 6. The number of carbonyl (C=O) groups is 1. The Kier molecular flexibility index (Phi) is 3.74. The van der Waals surface area contributed by atoms with Crippen molar-refractivity contribution in [3.63, 3.8) is 0 Å². The van der Waals surface area contributed by atoms with E-state index in [9.17, 15) is 9.18 Å². The van der Waals surface area contributed by atoms with Crippen LogP contribution in [0.3, 0.4) is 0 Å². The summed E-state index contributed by atoms with van der Waals surface area (Å²) in [5.74, 6) is -0.180. The summed E-state index contributed by atoms with van der Waals surface area (Å²) >= 11 is 0. The molecule has 3 rings (SSSR count). The molecule has 0 aliphatic heterocycles. The molecular weight excluding hydrogens is 271 g/mol. The summed E-state index contributed by atoms with van der Waals surface area (Å²) in [7, 11) is 0. The van der Waals surface area contributed by atoms with Crippen molar-refractivity contribution in [3.8, 4) is 0 Å². The molecule has 2 aliphatic rings. The van der Waals surface area contributed by atoms with Crippen LogP contribution in [0.1, 0.15) is 43.0 Å². The Hall–Kier alpha value is -1.78. The summed E-state index contributed by atoms with van der Waals surface area (Å²) in [5, 5.41) is 0. The van der Waals surface area contributed by atoms with Gasteiger partial charge in [0, 0.05) is 18.3 Å². The molecule has 2 N–H and O–H groups in total. The van der Waals surface area contributed by atoms with Crippen LogP contribution in [-0.2, 0) is 4.74 Å². The lowest BCUT2D eigenvalue weighted by Gasteiger charge is -2.26. The first-order valence-corrected chi connectivity index (χ1v) is 7.63. The summed E-state index contributed by atoms with van der Waals surface area (Å²) in [5.41, 5.74) is 6.65. The van der Waals surface area contributed by atoms with Crippen LogP contribution in [0.25, 0.3) is 0 Å². The number of esters is 1. The second-order valence-corrected chi connectivity index (χ2v) is 5.94. The molecule has 4 nitrogen and oxygen atoms in total. The van der Waals surface area contributed by atoms with Crippen LogP contribution in [0.15, 0.2) is 12.1 Å². The molecule has 0 atom stereocenters. The maximum atomic E-state index is 14.3. The summed E-state index contributed by atoms with van der Waals surface area (Å²) in [6.45, 7) is 2.88. The van der Waals surface area contributed by atoms with E-state index < -0.39 is 5.97 Å². The minimum absolute atomic E-state index is 0.136. The first-order valence-electron chi connectivity index (χ1n) is 7.63. The Bertz CT molecular complexity index is 553. The molecule has 0 bridgehead atoms. The third kappa shape index (κ3) is 3.12. The normalized spacial score (nSPS) is 17.6. The van der Waals surface area contributed by atoms with E-state index in [2.05, 4.69) is 4.90 Å². The Balaban J connectivity index is 1.91.